The minimum Gasteiger partial charge on any atom is -0.495 e. The van der Waals surface area contributed by atoms with E-state index >= 15 is 0 Å². The summed E-state index contributed by atoms with van der Waals surface area (Å²) >= 11 is 11.9. The Labute approximate surface area is 142 Å². The zero-order chi connectivity index (χ0) is 15.4. The lowest BCUT2D eigenvalue weighted by molar-refractivity contribution is 0.386. The fourth-order valence-corrected chi connectivity index (χ4v) is 3.91. The summed E-state index contributed by atoms with van der Waals surface area (Å²) in [5, 5.41) is -0.286. The van der Waals surface area contributed by atoms with Crippen LogP contribution in [0.1, 0.15) is 16.5 Å². The van der Waals surface area contributed by atoms with Crippen LogP contribution in [0.25, 0.3) is 0 Å². The van der Waals surface area contributed by atoms with Crippen molar-refractivity contribution in [3.05, 3.63) is 52.0 Å². The molecule has 5 heteroatoms. The third-order valence-corrected chi connectivity index (χ3v) is 5.23. The smallest absolute Gasteiger partial charge is 0.141 e. The van der Waals surface area contributed by atoms with Crippen LogP contribution in [0.4, 0.5) is 0 Å². The van der Waals surface area contributed by atoms with E-state index in [1.807, 2.05) is 36.6 Å². The summed E-state index contributed by atoms with van der Waals surface area (Å²) < 4.78 is 11.6. The molecule has 0 aliphatic carbocycles. The van der Waals surface area contributed by atoms with Gasteiger partial charge in [-0.25, -0.2) is 0 Å². The highest BCUT2D eigenvalue weighted by molar-refractivity contribution is 9.10. The molecule has 0 N–H and O–H groups in total. The maximum Gasteiger partial charge on any atom is 0.141 e. The Morgan fingerprint density at radius 1 is 1.05 bits per heavy atom. The van der Waals surface area contributed by atoms with Gasteiger partial charge in [-0.2, -0.15) is 0 Å². The molecule has 2 aromatic rings. The molecule has 0 spiro atoms. The highest BCUT2D eigenvalue weighted by atomic mass is 79.9. The largest absolute Gasteiger partial charge is 0.495 e. The molecule has 1 unspecified atom stereocenters. The Kier molecular flexibility index (Phi) is 5.85. The molecule has 0 aliphatic rings. The maximum absolute atomic E-state index is 6.71. The molecule has 2 rings (SSSR count). The number of hydrogen-bond donors (Lipinski definition) is 0. The van der Waals surface area contributed by atoms with E-state index in [1.54, 1.807) is 26.0 Å². The van der Waals surface area contributed by atoms with E-state index in [0.29, 0.717) is 5.75 Å². The normalized spacial score (nSPS) is 12.0. The summed E-state index contributed by atoms with van der Waals surface area (Å²) in [4.78, 5) is 1.16. The van der Waals surface area contributed by atoms with Gasteiger partial charge in [-0.15, -0.1) is 23.4 Å². The lowest BCUT2D eigenvalue weighted by Gasteiger charge is -2.19. The van der Waals surface area contributed by atoms with Crippen LogP contribution < -0.4 is 9.47 Å². The van der Waals surface area contributed by atoms with E-state index in [2.05, 4.69) is 22.0 Å². The number of ether oxygens (including phenoxy) is 2. The van der Waals surface area contributed by atoms with Crippen molar-refractivity contribution in [1.82, 2.24) is 0 Å². The fraction of sp³-hybridized carbons (Fsp3) is 0.250. The first-order valence-electron chi connectivity index (χ1n) is 6.31. The highest BCUT2D eigenvalue weighted by Gasteiger charge is 2.21. The number of halogens is 2. The van der Waals surface area contributed by atoms with Gasteiger partial charge in [0.05, 0.1) is 19.6 Å². The van der Waals surface area contributed by atoms with Gasteiger partial charge < -0.3 is 9.47 Å². The molecule has 112 valence electrons. The monoisotopic (exact) mass is 386 g/mol. The Bertz CT molecular complexity index is 634. The van der Waals surface area contributed by atoms with E-state index in [9.17, 15) is 0 Å². The number of rotatable bonds is 5. The third-order valence-electron chi connectivity index (χ3n) is 3.20. The van der Waals surface area contributed by atoms with Crippen molar-refractivity contribution >= 4 is 39.3 Å². The summed E-state index contributed by atoms with van der Waals surface area (Å²) in [5.74, 6) is 1.42. The zero-order valence-electron chi connectivity index (χ0n) is 12.0. The Hall–Kier alpha value is -0.840. The van der Waals surface area contributed by atoms with E-state index in [1.165, 1.54) is 0 Å². The molecule has 0 amide bonds. The molecular weight excluding hydrogens is 372 g/mol. The minimum absolute atomic E-state index is 0.286. The van der Waals surface area contributed by atoms with Crippen LogP contribution in [-0.4, -0.2) is 20.5 Å². The molecule has 0 heterocycles. The SMILES string of the molecule is COc1ccc(C(Cl)c2ccccc2SC)c(OC)c1Br. The van der Waals surface area contributed by atoms with Crippen LogP contribution in [0.3, 0.4) is 0 Å². The average molecular weight is 388 g/mol. The number of thioether (sulfide) groups is 1. The van der Waals surface area contributed by atoms with Crippen LogP contribution in [0.5, 0.6) is 11.5 Å². The fourth-order valence-electron chi connectivity index (χ4n) is 2.16. The van der Waals surface area contributed by atoms with Gasteiger partial charge in [-0.05, 0) is 45.9 Å². The van der Waals surface area contributed by atoms with Crippen molar-refractivity contribution in [3.63, 3.8) is 0 Å². The minimum atomic E-state index is -0.286. The number of hydrogen-bond acceptors (Lipinski definition) is 3. The van der Waals surface area contributed by atoms with Gasteiger partial charge >= 0.3 is 0 Å². The van der Waals surface area contributed by atoms with Crippen molar-refractivity contribution in [2.24, 2.45) is 0 Å². The lowest BCUT2D eigenvalue weighted by Crippen LogP contribution is -2.01. The van der Waals surface area contributed by atoms with Crippen molar-refractivity contribution in [3.8, 4) is 11.5 Å². The second-order valence-electron chi connectivity index (χ2n) is 4.31. The second-order valence-corrected chi connectivity index (χ2v) is 6.39. The van der Waals surface area contributed by atoms with Crippen LogP contribution in [0, 0.1) is 0 Å². The van der Waals surface area contributed by atoms with Crippen LogP contribution >= 0.6 is 39.3 Å². The molecule has 0 aromatic heterocycles. The van der Waals surface area contributed by atoms with Gasteiger partial charge in [-0.3, -0.25) is 0 Å². The number of alkyl halides is 1. The van der Waals surface area contributed by atoms with Gasteiger partial charge in [-0.1, -0.05) is 18.2 Å². The second kappa shape index (κ2) is 7.43. The first-order chi connectivity index (χ1) is 10.1. The zero-order valence-corrected chi connectivity index (χ0v) is 15.2. The van der Waals surface area contributed by atoms with Crippen molar-refractivity contribution < 1.29 is 9.47 Å². The molecule has 1 atom stereocenters. The van der Waals surface area contributed by atoms with Gasteiger partial charge in [0.2, 0.25) is 0 Å². The van der Waals surface area contributed by atoms with E-state index in [-0.39, 0.29) is 5.38 Å². The molecule has 21 heavy (non-hydrogen) atoms. The van der Waals surface area contributed by atoms with Crippen LogP contribution in [-0.2, 0) is 0 Å². The molecule has 0 aliphatic heterocycles. The average Bonchev–Trinajstić information content (AvgIpc) is 2.53. The van der Waals surface area contributed by atoms with E-state index < -0.39 is 0 Å². The number of benzene rings is 2. The van der Waals surface area contributed by atoms with Crippen molar-refractivity contribution in [1.29, 1.82) is 0 Å². The first-order valence-corrected chi connectivity index (χ1v) is 8.76. The number of methoxy groups -OCH3 is 2. The Balaban J connectivity index is 2.53. The van der Waals surface area contributed by atoms with Gasteiger partial charge in [0.25, 0.3) is 0 Å². The van der Waals surface area contributed by atoms with Crippen molar-refractivity contribution in [2.75, 3.05) is 20.5 Å². The summed E-state index contributed by atoms with van der Waals surface area (Å²) in [7, 11) is 3.26. The maximum atomic E-state index is 6.71. The highest BCUT2D eigenvalue weighted by Crippen LogP contribution is 2.44. The molecular formula is C16H16BrClO2S. The van der Waals surface area contributed by atoms with Gasteiger partial charge in [0.1, 0.15) is 16.0 Å². The Morgan fingerprint density at radius 3 is 2.38 bits per heavy atom. The van der Waals surface area contributed by atoms with E-state index in [4.69, 9.17) is 21.1 Å². The molecule has 0 radical (unpaired) electrons. The summed E-state index contributed by atoms with van der Waals surface area (Å²) in [6.07, 6.45) is 2.05. The quantitative estimate of drug-likeness (QED) is 0.497. The van der Waals surface area contributed by atoms with Gasteiger partial charge in [0, 0.05) is 10.5 Å². The molecule has 2 aromatic carbocycles. The van der Waals surface area contributed by atoms with Crippen LogP contribution in [0.2, 0.25) is 0 Å². The van der Waals surface area contributed by atoms with Crippen molar-refractivity contribution in [2.45, 2.75) is 10.3 Å². The molecule has 2 nitrogen and oxygen atoms in total. The predicted octanol–water partition coefficient (Wildman–Crippen LogP) is 5.52. The molecule has 0 saturated heterocycles. The lowest BCUT2D eigenvalue weighted by atomic mass is 10.0. The van der Waals surface area contributed by atoms with E-state index in [0.717, 1.165) is 26.2 Å². The Morgan fingerprint density at radius 2 is 1.76 bits per heavy atom. The van der Waals surface area contributed by atoms with Crippen LogP contribution in [0.15, 0.2) is 45.8 Å². The topological polar surface area (TPSA) is 18.5 Å². The molecule has 0 bridgehead atoms. The van der Waals surface area contributed by atoms with Gasteiger partial charge in [0.15, 0.2) is 0 Å². The third kappa shape index (κ3) is 3.33. The molecule has 0 fully saturated rings. The predicted molar refractivity (Wildman–Crippen MR) is 93.2 cm³/mol. The first kappa shape index (κ1) is 16.5. The summed E-state index contributed by atoms with van der Waals surface area (Å²) in [6, 6.07) is 12.0. The summed E-state index contributed by atoms with van der Waals surface area (Å²) in [6.45, 7) is 0. The molecule has 0 saturated carbocycles. The standard InChI is InChI=1S/C16H16BrClO2S/c1-19-12-9-8-11(16(20-2)14(12)17)15(18)10-6-4-5-7-13(10)21-3/h4-9,15H,1-3H3. The summed E-state index contributed by atoms with van der Waals surface area (Å²) in [5.41, 5.74) is 1.98.